The normalized spacial score (nSPS) is 12.5. The Morgan fingerprint density at radius 3 is 2.10 bits per heavy atom. The molecule has 0 aliphatic rings. The summed E-state index contributed by atoms with van der Waals surface area (Å²) in [7, 11) is 0. The molecule has 1 atom stereocenters. The molecule has 2 N–H and O–H groups in total. The summed E-state index contributed by atoms with van der Waals surface area (Å²) in [6.45, 7) is 0. The highest BCUT2D eigenvalue weighted by Gasteiger charge is 2.19. The first-order valence-electron chi connectivity index (χ1n) is 5.72. The van der Waals surface area contributed by atoms with Crippen molar-refractivity contribution >= 4 is 31.9 Å². The average Bonchev–Trinajstić information content (AvgIpc) is 2.32. The first-order valence-corrected chi connectivity index (χ1v) is 7.31. The molecule has 1 unspecified atom stereocenters. The summed E-state index contributed by atoms with van der Waals surface area (Å²) in [5.41, 5.74) is 5.88. The van der Waals surface area contributed by atoms with Gasteiger partial charge in [0.15, 0.2) is 0 Å². The monoisotopic (exact) mass is 407 g/mol. The van der Waals surface area contributed by atoms with E-state index < -0.39 is 23.5 Å². The molecule has 0 bridgehead atoms. The summed E-state index contributed by atoms with van der Waals surface area (Å²) in [6.07, 6.45) is 0.000740. The van der Waals surface area contributed by atoms with E-state index in [-0.39, 0.29) is 16.5 Å². The topological polar surface area (TPSA) is 26.0 Å². The number of benzene rings is 2. The fourth-order valence-corrected chi connectivity index (χ4v) is 2.76. The van der Waals surface area contributed by atoms with Crippen LogP contribution in [0.1, 0.15) is 17.2 Å². The van der Waals surface area contributed by atoms with Crippen molar-refractivity contribution in [3.63, 3.8) is 0 Å². The van der Waals surface area contributed by atoms with Gasteiger partial charge >= 0.3 is 0 Å². The van der Waals surface area contributed by atoms with E-state index in [0.717, 1.165) is 12.1 Å². The van der Waals surface area contributed by atoms with Crippen molar-refractivity contribution in [2.75, 3.05) is 0 Å². The number of halogens is 5. The number of rotatable bonds is 3. The third kappa shape index (κ3) is 3.42. The van der Waals surface area contributed by atoms with E-state index in [0.29, 0.717) is 10.0 Å². The summed E-state index contributed by atoms with van der Waals surface area (Å²) in [5, 5.41) is 0. The fraction of sp³-hybridized carbons (Fsp3) is 0.143. The Morgan fingerprint density at radius 1 is 0.900 bits per heavy atom. The molecule has 0 fully saturated rings. The first-order chi connectivity index (χ1) is 9.38. The molecular weight excluding hydrogens is 399 g/mol. The molecular formula is C14H10Br2F3N. The molecule has 0 radical (unpaired) electrons. The van der Waals surface area contributed by atoms with Crippen LogP contribution in [0, 0.1) is 17.5 Å². The van der Waals surface area contributed by atoms with E-state index in [1.807, 2.05) is 0 Å². The summed E-state index contributed by atoms with van der Waals surface area (Å²) in [6, 6.07) is 5.67. The molecule has 0 aromatic heterocycles. The summed E-state index contributed by atoms with van der Waals surface area (Å²) in [5.74, 6) is -1.96. The Balaban J connectivity index is 2.33. The van der Waals surface area contributed by atoms with E-state index in [2.05, 4.69) is 31.9 Å². The van der Waals surface area contributed by atoms with Crippen molar-refractivity contribution < 1.29 is 13.2 Å². The Labute approximate surface area is 131 Å². The Kier molecular flexibility index (Phi) is 4.88. The maximum Gasteiger partial charge on any atom is 0.132 e. The lowest BCUT2D eigenvalue weighted by molar-refractivity contribution is 0.517. The van der Waals surface area contributed by atoms with Gasteiger partial charge in [-0.2, -0.15) is 0 Å². The maximum atomic E-state index is 13.8. The third-order valence-electron chi connectivity index (χ3n) is 2.86. The van der Waals surface area contributed by atoms with Gasteiger partial charge in [0.2, 0.25) is 0 Å². The van der Waals surface area contributed by atoms with Crippen LogP contribution in [-0.2, 0) is 6.42 Å². The van der Waals surface area contributed by atoms with Gasteiger partial charge < -0.3 is 5.73 Å². The van der Waals surface area contributed by atoms with E-state index in [1.54, 1.807) is 12.1 Å². The zero-order valence-electron chi connectivity index (χ0n) is 10.1. The van der Waals surface area contributed by atoms with E-state index >= 15 is 0 Å². The van der Waals surface area contributed by atoms with Crippen LogP contribution < -0.4 is 5.73 Å². The molecule has 0 spiro atoms. The van der Waals surface area contributed by atoms with Crippen LogP contribution in [0.5, 0.6) is 0 Å². The van der Waals surface area contributed by atoms with Gasteiger partial charge in [-0.05, 0) is 42.3 Å². The van der Waals surface area contributed by atoms with Gasteiger partial charge in [0, 0.05) is 20.6 Å². The van der Waals surface area contributed by atoms with Crippen molar-refractivity contribution in [2.24, 2.45) is 5.73 Å². The largest absolute Gasteiger partial charge is 0.323 e. The number of hydrogen-bond donors (Lipinski definition) is 1. The minimum atomic E-state index is -0.966. The van der Waals surface area contributed by atoms with Crippen molar-refractivity contribution in [3.05, 3.63) is 67.9 Å². The Bertz CT molecular complexity index is 623. The second-order valence-corrected chi connectivity index (χ2v) is 6.16. The van der Waals surface area contributed by atoms with Gasteiger partial charge in [0.25, 0.3) is 0 Å². The summed E-state index contributed by atoms with van der Waals surface area (Å²) >= 11 is 6.22. The van der Waals surface area contributed by atoms with Gasteiger partial charge in [0.05, 0.1) is 0 Å². The molecule has 0 saturated heterocycles. The molecule has 0 heterocycles. The van der Waals surface area contributed by atoms with E-state index in [9.17, 15) is 13.2 Å². The van der Waals surface area contributed by atoms with Gasteiger partial charge in [0.1, 0.15) is 17.5 Å². The molecule has 2 aromatic carbocycles. The van der Waals surface area contributed by atoms with Crippen LogP contribution in [-0.4, -0.2) is 0 Å². The molecule has 0 aliphatic heterocycles. The maximum absolute atomic E-state index is 13.8. The smallest absolute Gasteiger partial charge is 0.132 e. The van der Waals surface area contributed by atoms with Gasteiger partial charge in [-0.3, -0.25) is 0 Å². The molecule has 0 amide bonds. The number of hydrogen-bond acceptors (Lipinski definition) is 1. The highest BCUT2D eigenvalue weighted by atomic mass is 79.9. The van der Waals surface area contributed by atoms with Gasteiger partial charge in [-0.15, -0.1) is 0 Å². The van der Waals surface area contributed by atoms with E-state index in [4.69, 9.17) is 5.73 Å². The fourth-order valence-electron chi connectivity index (χ4n) is 1.95. The highest BCUT2D eigenvalue weighted by molar-refractivity contribution is 9.10. The average molecular weight is 409 g/mol. The first kappa shape index (κ1) is 15.5. The lowest BCUT2D eigenvalue weighted by Crippen LogP contribution is -2.17. The Hall–Kier alpha value is -0.850. The molecule has 0 saturated carbocycles. The molecule has 20 heavy (non-hydrogen) atoms. The third-order valence-corrected chi connectivity index (χ3v) is 3.81. The van der Waals surface area contributed by atoms with E-state index in [1.165, 1.54) is 6.07 Å². The summed E-state index contributed by atoms with van der Waals surface area (Å²) < 4.78 is 42.2. The molecule has 1 nitrogen and oxygen atoms in total. The second kappa shape index (κ2) is 6.28. The van der Waals surface area contributed by atoms with Crippen LogP contribution in [0.15, 0.2) is 39.3 Å². The van der Waals surface area contributed by atoms with Crippen LogP contribution in [0.25, 0.3) is 0 Å². The molecule has 6 heteroatoms. The minimum absolute atomic E-state index is 0.000740. The minimum Gasteiger partial charge on any atom is -0.323 e. The summed E-state index contributed by atoms with van der Waals surface area (Å²) in [4.78, 5) is 0. The van der Waals surface area contributed by atoms with Gasteiger partial charge in [-0.25, -0.2) is 13.2 Å². The second-order valence-electron chi connectivity index (χ2n) is 4.33. The Morgan fingerprint density at radius 2 is 1.50 bits per heavy atom. The zero-order valence-corrected chi connectivity index (χ0v) is 13.3. The van der Waals surface area contributed by atoms with Crippen LogP contribution in [0.4, 0.5) is 13.2 Å². The molecule has 0 aliphatic carbocycles. The van der Waals surface area contributed by atoms with Crippen LogP contribution in [0.3, 0.4) is 0 Å². The predicted octanol–water partition coefficient (Wildman–Crippen LogP) is 4.87. The van der Waals surface area contributed by atoms with Gasteiger partial charge in [-0.1, -0.05) is 31.9 Å². The standard InChI is InChI=1S/C14H10Br2F3N/c15-8-1-2-10(17)7(3-8)4-13(20)14-11(18)5-9(16)6-12(14)19/h1-3,5-6,13H,4,20H2. The van der Waals surface area contributed by atoms with Crippen molar-refractivity contribution in [2.45, 2.75) is 12.5 Å². The SMILES string of the molecule is NC(Cc1cc(Br)ccc1F)c1c(F)cc(Br)cc1F. The highest BCUT2D eigenvalue weighted by Crippen LogP contribution is 2.27. The quantitative estimate of drug-likeness (QED) is 0.770. The molecule has 106 valence electrons. The molecule has 2 aromatic rings. The lowest BCUT2D eigenvalue weighted by atomic mass is 9.98. The van der Waals surface area contributed by atoms with Crippen molar-refractivity contribution in [1.29, 1.82) is 0 Å². The molecule has 2 rings (SSSR count). The lowest BCUT2D eigenvalue weighted by Gasteiger charge is -2.15. The number of nitrogens with two attached hydrogens (primary N) is 1. The van der Waals surface area contributed by atoms with Crippen LogP contribution >= 0.6 is 31.9 Å². The van der Waals surface area contributed by atoms with Crippen molar-refractivity contribution in [3.8, 4) is 0 Å². The zero-order chi connectivity index (χ0) is 14.9. The predicted molar refractivity (Wildman–Crippen MR) is 78.8 cm³/mol. The van der Waals surface area contributed by atoms with Crippen molar-refractivity contribution in [1.82, 2.24) is 0 Å². The van der Waals surface area contributed by atoms with Crippen LogP contribution in [0.2, 0.25) is 0 Å².